The van der Waals surface area contributed by atoms with Gasteiger partial charge in [-0.25, -0.2) is 12.8 Å². The minimum atomic E-state index is -3.94. The lowest BCUT2D eigenvalue weighted by Gasteiger charge is -2.40. The minimum absolute atomic E-state index is 0.0662. The van der Waals surface area contributed by atoms with Crippen LogP contribution in [0.25, 0.3) is 0 Å². The molecule has 0 aromatic heterocycles. The molecule has 6 nitrogen and oxygen atoms in total. The molecule has 0 aliphatic carbocycles. The van der Waals surface area contributed by atoms with Crippen LogP contribution >= 0.6 is 0 Å². The van der Waals surface area contributed by atoms with Gasteiger partial charge in [-0.2, -0.15) is 4.72 Å². The zero-order chi connectivity index (χ0) is 24.8. The van der Waals surface area contributed by atoms with E-state index in [-0.39, 0.29) is 16.8 Å². The Labute approximate surface area is 206 Å². The summed E-state index contributed by atoms with van der Waals surface area (Å²) >= 11 is 0. The lowest BCUT2D eigenvalue weighted by Crippen LogP contribution is -2.55. The Hall–Kier alpha value is -3.07. The van der Waals surface area contributed by atoms with Crippen molar-refractivity contribution in [1.82, 2.24) is 14.5 Å². The van der Waals surface area contributed by atoms with Crippen molar-refractivity contribution in [3.63, 3.8) is 0 Å². The summed E-state index contributed by atoms with van der Waals surface area (Å²) in [7, 11) is -3.94. The second-order valence-electron chi connectivity index (χ2n) is 8.62. The highest BCUT2D eigenvalue weighted by Crippen LogP contribution is 2.29. The van der Waals surface area contributed by atoms with Crippen LogP contribution in [0.1, 0.15) is 30.5 Å². The molecule has 1 aliphatic rings. The molecule has 1 atom stereocenters. The van der Waals surface area contributed by atoms with E-state index in [9.17, 15) is 17.6 Å². The summed E-state index contributed by atoms with van der Waals surface area (Å²) in [5.41, 5.74) is 2.38. The smallest absolute Gasteiger partial charge is 0.241 e. The Balaban J connectivity index is 1.44. The zero-order valence-electron chi connectivity index (χ0n) is 19.7. The van der Waals surface area contributed by atoms with Crippen LogP contribution in [0.2, 0.25) is 0 Å². The minimum Gasteiger partial charge on any atom is -0.339 e. The topological polar surface area (TPSA) is 69.7 Å². The average Bonchev–Trinajstić information content (AvgIpc) is 2.89. The standard InChI is InChI=1S/C27H30FN3O3S/c1-2-25(29-35(33,34)24-15-13-23(28)14-16-24)27(32)31-19-17-30(18-20-31)26(21-9-5-3-6-10-21)22-11-7-4-8-12-22/h3-16,25-26,29H,2,17-20H2,1H3. The molecule has 1 fully saturated rings. The van der Waals surface area contributed by atoms with E-state index in [1.165, 1.54) is 23.3 Å². The maximum absolute atomic E-state index is 13.2. The first kappa shape index (κ1) is 25.0. The molecule has 0 saturated carbocycles. The van der Waals surface area contributed by atoms with E-state index in [0.29, 0.717) is 32.6 Å². The molecule has 1 amide bonds. The van der Waals surface area contributed by atoms with Crippen molar-refractivity contribution in [3.8, 4) is 0 Å². The molecule has 184 valence electrons. The highest BCUT2D eigenvalue weighted by molar-refractivity contribution is 7.89. The number of sulfonamides is 1. The number of benzene rings is 3. The molecule has 4 rings (SSSR count). The van der Waals surface area contributed by atoms with Crippen LogP contribution < -0.4 is 4.72 Å². The third kappa shape index (κ3) is 5.96. The summed E-state index contributed by atoms with van der Waals surface area (Å²) in [4.78, 5) is 17.2. The van der Waals surface area contributed by atoms with Crippen molar-refractivity contribution in [2.45, 2.75) is 30.3 Å². The van der Waals surface area contributed by atoms with Gasteiger partial charge in [-0.05, 0) is 41.8 Å². The fraction of sp³-hybridized carbons (Fsp3) is 0.296. The highest BCUT2D eigenvalue weighted by atomic mass is 32.2. The summed E-state index contributed by atoms with van der Waals surface area (Å²) in [5, 5.41) is 0. The molecule has 1 N–H and O–H groups in total. The van der Waals surface area contributed by atoms with E-state index in [2.05, 4.69) is 33.9 Å². The van der Waals surface area contributed by atoms with Gasteiger partial charge in [0.25, 0.3) is 0 Å². The van der Waals surface area contributed by atoms with Crippen LogP contribution in [0.5, 0.6) is 0 Å². The van der Waals surface area contributed by atoms with Gasteiger partial charge in [0.2, 0.25) is 15.9 Å². The maximum Gasteiger partial charge on any atom is 0.241 e. The quantitative estimate of drug-likeness (QED) is 0.516. The first-order chi connectivity index (χ1) is 16.9. The van der Waals surface area contributed by atoms with E-state index in [4.69, 9.17) is 0 Å². The van der Waals surface area contributed by atoms with Gasteiger partial charge in [-0.1, -0.05) is 67.6 Å². The Morgan fingerprint density at radius 1 is 0.857 bits per heavy atom. The summed E-state index contributed by atoms with van der Waals surface area (Å²) in [6.45, 7) is 4.11. The summed E-state index contributed by atoms with van der Waals surface area (Å²) in [6.07, 6.45) is 0.316. The third-order valence-corrected chi connectivity index (χ3v) is 7.84. The number of rotatable bonds is 8. The lowest BCUT2D eigenvalue weighted by atomic mass is 9.96. The fourth-order valence-corrected chi connectivity index (χ4v) is 5.76. The van der Waals surface area contributed by atoms with Crippen LogP contribution in [0.4, 0.5) is 4.39 Å². The SMILES string of the molecule is CCC(NS(=O)(=O)c1ccc(F)cc1)C(=O)N1CCN(C(c2ccccc2)c2ccccc2)CC1. The molecule has 1 heterocycles. The first-order valence-corrected chi connectivity index (χ1v) is 13.3. The maximum atomic E-state index is 13.2. The monoisotopic (exact) mass is 495 g/mol. The molecule has 35 heavy (non-hydrogen) atoms. The van der Waals surface area contributed by atoms with E-state index >= 15 is 0 Å². The molecule has 0 spiro atoms. The number of carbonyl (C=O) groups is 1. The number of nitrogens with zero attached hydrogens (tertiary/aromatic N) is 2. The van der Waals surface area contributed by atoms with Crippen molar-refractivity contribution >= 4 is 15.9 Å². The molecule has 0 radical (unpaired) electrons. The van der Waals surface area contributed by atoms with Crippen molar-refractivity contribution < 1.29 is 17.6 Å². The van der Waals surface area contributed by atoms with E-state index in [1.54, 1.807) is 11.8 Å². The van der Waals surface area contributed by atoms with E-state index < -0.39 is 21.9 Å². The average molecular weight is 496 g/mol. The normalized spacial score (nSPS) is 15.8. The number of halogens is 1. The van der Waals surface area contributed by atoms with Gasteiger partial charge in [-0.3, -0.25) is 9.69 Å². The van der Waals surface area contributed by atoms with E-state index in [1.807, 2.05) is 36.4 Å². The van der Waals surface area contributed by atoms with E-state index in [0.717, 1.165) is 12.1 Å². The third-order valence-electron chi connectivity index (χ3n) is 6.35. The van der Waals surface area contributed by atoms with Crippen molar-refractivity contribution in [2.75, 3.05) is 26.2 Å². The number of amides is 1. The molecule has 1 unspecified atom stereocenters. The number of hydrogen-bond donors (Lipinski definition) is 1. The summed E-state index contributed by atoms with van der Waals surface area (Å²) < 4.78 is 41.2. The molecular weight excluding hydrogens is 465 g/mol. The molecule has 0 bridgehead atoms. The van der Waals surface area contributed by atoms with Crippen LogP contribution in [-0.2, 0) is 14.8 Å². The molecule has 3 aromatic rings. The first-order valence-electron chi connectivity index (χ1n) is 11.8. The number of nitrogens with one attached hydrogen (secondary N) is 1. The number of carbonyl (C=O) groups excluding carboxylic acids is 1. The Morgan fingerprint density at radius 2 is 1.37 bits per heavy atom. The Kier molecular flexibility index (Phi) is 7.95. The van der Waals surface area contributed by atoms with Crippen LogP contribution in [0.15, 0.2) is 89.8 Å². The van der Waals surface area contributed by atoms with Crippen LogP contribution in [0, 0.1) is 5.82 Å². The van der Waals surface area contributed by atoms with Gasteiger partial charge in [0, 0.05) is 26.2 Å². The number of hydrogen-bond acceptors (Lipinski definition) is 4. The molecule has 8 heteroatoms. The second-order valence-corrected chi connectivity index (χ2v) is 10.3. The zero-order valence-corrected chi connectivity index (χ0v) is 20.5. The van der Waals surface area contributed by atoms with Gasteiger partial charge in [0.05, 0.1) is 10.9 Å². The highest BCUT2D eigenvalue weighted by Gasteiger charge is 2.32. The molecular formula is C27H30FN3O3S. The van der Waals surface area contributed by atoms with Gasteiger partial charge >= 0.3 is 0 Å². The van der Waals surface area contributed by atoms with Crippen molar-refractivity contribution in [1.29, 1.82) is 0 Å². The molecule has 1 aliphatic heterocycles. The second kappa shape index (κ2) is 11.1. The molecule has 3 aromatic carbocycles. The predicted octanol–water partition coefficient (Wildman–Crippen LogP) is 3.82. The van der Waals surface area contributed by atoms with Crippen LogP contribution in [-0.4, -0.2) is 56.3 Å². The molecule has 1 saturated heterocycles. The fourth-order valence-electron chi connectivity index (χ4n) is 4.48. The number of piperazine rings is 1. The lowest BCUT2D eigenvalue weighted by molar-refractivity contribution is -0.135. The summed E-state index contributed by atoms with van der Waals surface area (Å²) in [5.74, 6) is -0.761. The largest absolute Gasteiger partial charge is 0.339 e. The Bertz CT molecular complexity index is 1170. The summed E-state index contributed by atoms with van der Waals surface area (Å²) in [6, 6.07) is 24.4. The van der Waals surface area contributed by atoms with Gasteiger partial charge in [-0.15, -0.1) is 0 Å². The van der Waals surface area contributed by atoms with Crippen molar-refractivity contribution in [2.24, 2.45) is 0 Å². The Morgan fingerprint density at radius 3 is 1.86 bits per heavy atom. The van der Waals surface area contributed by atoms with Gasteiger partial charge in [0.15, 0.2) is 0 Å². The van der Waals surface area contributed by atoms with Crippen molar-refractivity contribution in [3.05, 3.63) is 102 Å². The van der Waals surface area contributed by atoms with Crippen LogP contribution in [0.3, 0.4) is 0 Å². The predicted molar refractivity (Wildman–Crippen MR) is 134 cm³/mol. The van der Waals surface area contributed by atoms with Gasteiger partial charge in [0.1, 0.15) is 11.9 Å². The van der Waals surface area contributed by atoms with Gasteiger partial charge < -0.3 is 4.90 Å².